The molecule has 0 radical (unpaired) electrons. The smallest absolute Gasteiger partial charge is 0.308 e. The van der Waals surface area contributed by atoms with Gasteiger partial charge in [0.2, 0.25) is 0 Å². The number of aliphatic hydroxyl groups excluding tert-OH is 1. The van der Waals surface area contributed by atoms with Gasteiger partial charge < -0.3 is 14.6 Å². The van der Waals surface area contributed by atoms with E-state index in [2.05, 4.69) is 13.8 Å². The molecule has 1 aliphatic rings. The van der Waals surface area contributed by atoms with Crippen molar-refractivity contribution in [1.29, 1.82) is 0 Å². The van der Waals surface area contributed by atoms with Crippen molar-refractivity contribution >= 4 is 5.97 Å². The van der Waals surface area contributed by atoms with Crippen molar-refractivity contribution in [2.24, 2.45) is 0 Å². The molecule has 2 aromatic carbocycles. The number of hydrogen-bond donors (Lipinski definition) is 1. The van der Waals surface area contributed by atoms with Gasteiger partial charge in [-0.3, -0.25) is 4.79 Å². The zero-order chi connectivity index (χ0) is 23.5. The molecule has 0 amide bonds. The lowest BCUT2D eigenvalue weighted by atomic mass is 9.93. The van der Waals surface area contributed by atoms with Crippen molar-refractivity contribution in [3.05, 3.63) is 65.6 Å². The number of halogens is 1. The second kappa shape index (κ2) is 9.75. The summed E-state index contributed by atoms with van der Waals surface area (Å²) in [5, 5.41) is 14.9. The van der Waals surface area contributed by atoms with Crippen molar-refractivity contribution in [3.63, 3.8) is 0 Å². The number of nitrogens with zero attached hydrogens (tertiary/aromatic N) is 2. The number of aliphatic hydroxyl groups is 1. The molecule has 1 saturated heterocycles. The summed E-state index contributed by atoms with van der Waals surface area (Å²) >= 11 is 0. The summed E-state index contributed by atoms with van der Waals surface area (Å²) in [7, 11) is 1.62. The molecular formula is C26H29FN2O4. The van der Waals surface area contributed by atoms with Gasteiger partial charge >= 0.3 is 5.97 Å². The normalized spacial score (nSPS) is 18.4. The third-order valence-corrected chi connectivity index (χ3v) is 5.95. The summed E-state index contributed by atoms with van der Waals surface area (Å²) in [6, 6.07) is 14.0. The van der Waals surface area contributed by atoms with Gasteiger partial charge in [-0.15, -0.1) is 0 Å². The van der Waals surface area contributed by atoms with E-state index >= 15 is 0 Å². The van der Waals surface area contributed by atoms with E-state index in [0.717, 1.165) is 34.0 Å². The standard InChI is InChI=1S/C26H29FN2O4/c1-16(2)25-23(13-12-22-14-20(30)15-24(31)33-22)26(17-4-6-18(27)7-5-17)29(28-25)19-8-10-21(32-3)11-9-19/h4-11,16,20,22,30H,12-15H2,1-3H3/t20-,22-/m0/s1. The fraction of sp³-hybridized carbons (Fsp3) is 0.385. The first-order valence-electron chi connectivity index (χ1n) is 11.3. The van der Waals surface area contributed by atoms with E-state index in [1.54, 1.807) is 19.2 Å². The van der Waals surface area contributed by atoms with Gasteiger partial charge in [0.1, 0.15) is 17.7 Å². The largest absolute Gasteiger partial charge is 0.497 e. The van der Waals surface area contributed by atoms with E-state index in [1.165, 1.54) is 12.1 Å². The van der Waals surface area contributed by atoms with Crippen LogP contribution in [0.3, 0.4) is 0 Å². The van der Waals surface area contributed by atoms with Crippen LogP contribution in [0.15, 0.2) is 48.5 Å². The van der Waals surface area contributed by atoms with E-state index in [0.29, 0.717) is 19.3 Å². The first kappa shape index (κ1) is 23.0. The van der Waals surface area contributed by atoms with Gasteiger partial charge in [0.15, 0.2) is 0 Å². The third kappa shape index (κ3) is 5.09. The topological polar surface area (TPSA) is 73.6 Å². The van der Waals surface area contributed by atoms with E-state index < -0.39 is 6.10 Å². The Kier molecular flexibility index (Phi) is 6.79. The van der Waals surface area contributed by atoms with Crippen LogP contribution in [0.1, 0.15) is 50.3 Å². The Balaban J connectivity index is 1.78. The Hall–Kier alpha value is -3.19. The SMILES string of the molecule is COc1ccc(-n2nc(C(C)C)c(CC[C@H]3C[C@H](O)CC(=O)O3)c2-c2ccc(F)cc2)cc1. The quantitative estimate of drug-likeness (QED) is 0.521. The highest BCUT2D eigenvalue weighted by molar-refractivity contribution is 5.71. The summed E-state index contributed by atoms with van der Waals surface area (Å²) in [5.74, 6) is 0.230. The minimum absolute atomic E-state index is 0.0456. The molecule has 174 valence electrons. The molecule has 0 aliphatic carbocycles. The second-order valence-electron chi connectivity index (χ2n) is 8.73. The van der Waals surface area contributed by atoms with E-state index in [4.69, 9.17) is 14.6 Å². The Morgan fingerprint density at radius 1 is 1.18 bits per heavy atom. The van der Waals surface area contributed by atoms with Crippen LogP contribution >= 0.6 is 0 Å². The Morgan fingerprint density at radius 3 is 2.48 bits per heavy atom. The first-order valence-corrected chi connectivity index (χ1v) is 11.3. The van der Waals surface area contributed by atoms with Crippen molar-refractivity contribution in [2.45, 2.75) is 57.7 Å². The number of benzene rings is 2. The fourth-order valence-electron chi connectivity index (χ4n) is 4.34. The average Bonchev–Trinajstić information content (AvgIpc) is 3.17. The number of carbonyl (C=O) groups excluding carboxylic acids is 1. The zero-order valence-electron chi connectivity index (χ0n) is 19.1. The van der Waals surface area contributed by atoms with E-state index in [-0.39, 0.29) is 30.2 Å². The third-order valence-electron chi connectivity index (χ3n) is 5.95. The lowest BCUT2D eigenvalue weighted by Gasteiger charge is -2.26. The maximum Gasteiger partial charge on any atom is 0.308 e. The number of rotatable bonds is 7. The van der Waals surface area contributed by atoms with Crippen molar-refractivity contribution in [1.82, 2.24) is 9.78 Å². The van der Waals surface area contributed by atoms with Crippen molar-refractivity contribution < 1.29 is 23.8 Å². The number of methoxy groups -OCH3 is 1. The summed E-state index contributed by atoms with van der Waals surface area (Å²) in [4.78, 5) is 11.8. The molecule has 0 spiro atoms. The predicted octanol–water partition coefficient (Wildman–Crippen LogP) is 4.81. The summed E-state index contributed by atoms with van der Waals surface area (Å²) in [5.41, 5.74) is 4.56. The predicted molar refractivity (Wildman–Crippen MR) is 123 cm³/mol. The zero-order valence-corrected chi connectivity index (χ0v) is 19.1. The number of ether oxygens (including phenoxy) is 2. The van der Waals surface area contributed by atoms with Gasteiger partial charge in [0.05, 0.1) is 36.7 Å². The first-order chi connectivity index (χ1) is 15.9. The van der Waals surface area contributed by atoms with Crippen LogP contribution in [-0.2, 0) is 16.0 Å². The van der Waals surface area contributed by atoms with Crippen LogP contribution in [0.5, 0.6) is 5.75 Å². The van der Waals surface area contributed by atoms with Crippen LogP contribution < -0.4 is 4.74 Å². The Morgan fingerprint density at radius 2 is 1.88 bits per heavy atom. The lowest BCUT2D eigenvalue weighted by Crippen LogP contribution is -2.32. The summed E-state index contributed by atoms with van der Waals surface area (Å²) in [6.45, 7) is 4.17. The molecule has 6 nitrogen and oxygen atoms in total. The van der Waals surface area contributed by atoms with Gasteiger partial charge in [-0.1, -0.05) is 13.8 Å². The summed E-state index contributed by atoms with van der Waals surface area (Å²) < 4.78 is 26.3. The van der Waals surface area contributed by atoms with Crippen LogP contribution in [0.25, 0.3) is 16.9 Å². The Bertz CT molecular complexity index is 1110. The molecule has 7 heteroatoms. The lowest BCUT2D eigenvalue weighted by molar-refractivity contribution is -0.160. The maximum absolute atomic E-state index is 13.7. The second-order valence-corrected chi connectivity index (χ2v) is 8.73. The number of esters is 1. The summed E-state index contributed by atoms with van der Waals surface area (Å²) in [6.07, 6.45) is 0.656. The fourth-order valence-corrected chi connectivity index (χ4v) is 4.34. The molecule has 0 saturated carbocycles. The Labute approximate surface area is 193 Å². The van der Waals surface area contributed by atoms with E-state index in [9.17, 15) is 14.3 Å². The van der Waals surface area contributed by atoms with Gasteiger partial charge in [-0.25, -0.2) is 9.07 Å². The highest BCUT2D eigenvalue weighted by Crippen LogP contribution is 2.35. The van der Waals surface area contributed by atoms with Crippen LogP contribution in [0.2, 0.25) is 0 Å². The maximum atomic E-state index is 13.7. The number of cyclic esters (lactones) is 1. The molecule has 4 rings (SSSR count). The molecule has 0 unspecified atom stereocenters. The highest BCUT2D eigenvalue weighted by atomic mass is 19.1. The highest BCUT2D eigenvalue weighted by Gasteiger charge is 2.29. The number of carbonyl (C=O) groups is 1. The molecular weight excluding hydrogens is 423 g/mol. The van der Waals surface area contributed by atoms with Crippen molar-refractivity contribution in [2.75, 3.05) is 7.11 Å². The van der Waals surface area contributed by atoms with Gasteiger partial charge in [0, 0.05) is 17.5 Å². The monoisotopic (exact) mass is 452 g/mol. The molecule has 33 heavy (non-hydrogen) atoms. The minimum atomic E-state index is -0.667. The molecule has 1 aliphatic heterocycles. The molecule has 2 atom stereocenters. The molecule has 1 aromatic heterocycles. The van der Waals surface area contributed by atoms with Gasteiger partial charge in [-0.05, 0) is 67.3 Å². The molecule has 0 bridgehead atoms. The van der Waals surface area contributed by atoms with Gasteiger partial charge in [0.25, 0.3) is 0 Å². The average molecular weight is 453 g/mol. The minimum Gasteiger partial charge on any atom is -0.497 e. The van der Waals surface area contributed by atoms with Crippen LogP contribution in [0.4, 0.5) is 4.39 Å². The van der Waals surface area contributed by atoms with Gasteiger partial charge in [-0.2, -0.15) is 5.10 Å². The molecule has 2 heterocycles. The molecule has 1 N–H and O–H groups in total. The van der Waals surface area contributed by atoms with Crippen LogP contribution in [0, 0.1) is 5.82 Å². The molecule has 1 fully saturated rings. The van der Waals surface area contributed by atoms with Crippen molar-refractivity contribution in [3.8, 4) is 22.7 Å². The number of aromatic nitrogens is 2. The van der Waals surface area contributed by atoms with Crippen LogP contribution in [-0.4, -0.2) is 40.2 Å². The number of hydrogen-bond acceptors (Lipinski definition) is 5. The van der Waals surface area contributed by atoms with E-state index in [1.807, 2.05) is 28.9 Å². The molecule has 3 aromatic rings.